The number of benzene rings is 1. The number of fused-ring (bicyclic) bond motifs is 1. The lowest BCUT2D eigenvalue weighted by molar-refractivity contribution is -0.117. The van der Waals surface area contributed by atoms with E-state index in [4.69, 9.17) is 14.0 Å². The van der Waals surface area contributed by atoms with E-state index in [1.54, 1.807) is 31.4 Å². The Morgan fingerprint density at radius 3 is 2.82 bits per heavy atom. The molecule has 3 heterocycles. The third-order valence-electron chi connectivity index (χ3n) is 4.91. The Morgan fingerprint density at radius 2 is 2.09 bits per heavy atom. The summed E-state index contributed by atoms with van der Waals surface area (Å²) in [5.74, 6) is 1.64. The predicted molar refractivity (Wildman–Crippen MR) is 127 cm³/mol. The van der Waals surface area contributed by atoms with Gasteiger partial charge < -0.3 is 19.0 Å². The zero-order valence-electron chi connectivity index (χ0n) is 19.2. The maximum Gasteiger partial charge on any atom is 0.297 e. The molecule has 0 aliphatic heterocycles. The first kappa shape index (κ1) is 23.4. The van der Waals surface area contributed by atoms with E-state index in [9.17, 15) is 9.59 Å². The SMILES string of the molecule is CCCC(=O)Nn1c(SCc2nc(-c3cccc(OC)c3OC)no2)nc2cc(C)[nH]c2c1=O. The van der Waals surface area contributed by atoms with Crippen LogP contribution in [-0.4, -0.2) is 44.9 Å². The van der Waals surface area contributed by atoms with Crippen LogP contribution in [0.4, 0.5) is 0 Å². The van der Waals surface area contributed by atoms with Gasteiger partial charge in [-0.3, -0.25) is 15.0 Å². The highest BCUT2D eigenvalue weighted by molar-refractivity contribution is 7.98. The standard InChI is InChI=1S/C22H24N6O5S/c1-5-7-16(29)26-28-21(30)18-14(10-12(2)23-18)24-22(28)34-11-17-25-20(27-33-17)13-8-6-9-15(31-3)19(13)32-4/h6,8-10,23H,5,7,11H2,1-4H3,(H,26,29). The van der Waals surface area contributed by atoms with Crippen molar-refractivity contribution in [2.24, 2.45) is 0 Å². The molecule has 4 aromatic rings. The van der Waals surface area contributed by atoms with E-state index in [-0.39, 0.29) is 18.1 Å². The van der Waals surface area contributed by atoms with Gasteiger partial charge in [0.1, 0.15) is 5.52 Å². The summed E-state index contributed by atoms with van der Waals surface area (Å²) in [6.07, 6.45) is 0.937. The Kier molecular flexibility index (Phi) is 6.87. The summed E-state index contributed by atoms with van der Waals surface area (Å²) >= 11 is 1.20. The molecule has 1 amide bonds. The maximum absolute atomic E-state index is 13.0. The van der Waals surface area contributed by atoms with Crippen LogP contribution in [0.1, 0.15) is 31.4 Å². The molecule has 0 spiro atoms. The molecule has 0 radical (unpaired) electrons. The second kappa shape index (κ2) is 10.00. The summed E-state index contributed by atoms with van der Waals surface area (Å²) < 4.78 is 17.3. The molecular weight excluding hydrogens is 460 g/mol. The van der Waals surface area contributed by atoms with Crippen LogP contribution >= 0.6 is 11.8 Å². The van der Waals surface area contributed by atoms with Crippen molar-refractivity contribution in [1.29, 1.82) is 0 Å². The highest BCUT2D eigenvalue weighted by atomic mass is 32.2. The molecule has 11 nitrogen and oxygen atoms in total. The maximum atomic E-state index is 13.0. The van der Waals surface area contributed by atoms with Crippen molar-refractivity contribution in [1.82, 2.24) is 24.8 Å². The molecule has 0 unspecified atom stereocenters. The zero-order chi connectivity index (χ0) is 24.2. The fraction of sp³-hybridized carbons (Fsp3) is 0.318. The van der Waals surface area contributed by atoms with Crippen molar-refractivity contribution in [3.63, 3.8) is 0 Å². The van der Waals surface area contributed by atoms with Gasteiger partial charge in [0, 0.05) is 12.1 Å². The first-order chi connectivity index (χ1) is 16.4. The van der Waals surface area contributed by atoms with Crippen molar-refractivity contribution in [3.05, 3.63) is 46.2 Å². The summed E-state index contributed by atoms with van der Waals surface area (Å²) in [4.78, 5) is 37.2. The Balaban J connectivity index is 1.63. The van der Waals surface area contributed by atoms with Gasteiger partial charge in [0.05, 0.1) is 31.1 Å². The van der Waals surface area contributed by atoms with Crippen LogP contribution in [0.5, 0.6) is 11.5 Å². The fourth-order valence-electron chi connectivity index (χ4n) is 3.39. The van der Waals surface area contributed by atoms with E-state index < -0.39 is 5.56 Å². The van der Waals surface area contributed by atoms with E-state index in [2.05, 4.69) is 25.5 Å². The van der Waals surface area contributed by atoms with Gasteiger partial charge in [0.2, 0.25) is 17.6 Å². The lowest BCUT2D eigenvalue weighted by Gasteiger charge is -2.12. The second-order valence-electron chi connectivity index (χ2n) is 7.37. The molecule has 0 aliphatic rings. The number of hydrogen-bond donors (Lipinski definition) is 2. The number of aromatic nitrogens is 5. The topological polar surface area (TPSA) is 137 Å². The second-order valence-corrected chi connectivity index (χ2v) is 8.32. The summed E-state index contributed by atoms with van der Waals surface area (Å²) in [6, 6.07) is 7.15. The Hall–Kier alpha value is -3.80. The number of methoxy groups -OCH3 is 2. The summed E-state index contributed by atoms with van der Waals surface area (Å²) in [7, 11) is 3.09. The van der Waals surface area contributed by atoms with Gasteiger partial charge in [0.25, 0.3) is 5.56 Å². The van der Waals surface area contributed by atoms with Crippen LogP contribution in [0.15, 0.2) is 38.7 Å². The number of ether oxygens (including phenoxy) is 2. The number of carbonyl (C=O) groups excluding carboxylic acids is 1. The summed E-state index contributed by atoms with van der Waals surface area (Å²) in [5, 5.41) is 4.36. The fourth-order valence-corrected chi connectivity index (χ4v) is 4.18. The number of aryl methyl sites for hydroxylation is 1. The van der Waals surface area contributed by atoms with Gasteiger partial charge >= 0.3 is 0 Å². The number of thioether (sulfide) groups is 1. The average molecular weight is 485 g/mol. The first-order valence-corrected chi connectivity index (χ1v) is 11.5. The molecule has 34 heavy (non-hydrogen) atoms. The Morgan fingerprint density at radius 1 is 1.26 bits per heavy atom. The summed E-state index contributed by atoms with van der Waals surface area (Å²) in [5.41, 5.74) is 4.50. The number of para-hydroxylation sites is 1. The largest absolute Gasteiger partial charge is 0.493 e. The van der Waals surface area contributed by atoms with Crippen LogP contribution in [0, 0.1) is 6.92 Å². The number of nitrogens with one attached hydrogen (secondary N) is 2. The van der Waals surface area contributed by atoms with Gasteiger partial charge in [-0.15, -0.1) is 0 Å². The number of hydrogen-bond acceptors (Lipinski definition) is 9. The molecule has 0 saturated heterocycles. The molecule has 178 valence electrons. The van der Waals surface area contributed by atoms with Crippen molar-refractivity contribution in [2.45, 2.75) is 37.6 Å². The third-order valence-corrected chi connectivity index (χ3v) is 5.83. The highest BCUT2D eigenvalue weighted by Crippen LogP contribution is 2.36. The monoisotopic (exact) mass is 484 g/mol. The smallest absolute Gasteiger partial charge is 0.297 e. The molecule has 0 saturated carbocycles. The van der Waals surface area contributed by atoms with Crippen molar-refractivity contribution in [2.75, 3.05) is 19.6 Å². The molecule has 4 rings (SSSR count). The molecular formula is C22H24N6O5S. The van der Waals surface area contributed by atoms with Crippen LogP contribution in [-0.2, 0) is 10.5 Å². The Labute approximate surface area is 198 Å². The minimum absolute atomic E-state index is 0.226. The molecule has 0 bridgehead atoms. The molecule has 0 atom stereocenters. The number of aromatic amines is 1. The van der Waals surface area contributed by atoms with Crippen molar-refractivity contribution >= 4 is 28.7 Å². The minimum atomic E-state index is -0.391. The van der Waals surface area contributed by atoms with E-state index >= 15 is 0 Å². The van der Waals surface area contributed by atoms with E-state index in [0.717, 1.165) is 10.4 Å². The highest BCUT2D eigenvalue weighted by Gasteiger charge is 2.19. The predicted octanol–water partition coefficient (Wildman–Crippen LogP) is 3.26. The average Bonchev–Trinajstić information content (AvgIpc) is 3.45. The number of H-pyrrole nitrogens is 1. The molecule has 1 aromatic carbocycles. The molecule has 0 fully saturated rings. The molecule has 12 heteroatoms. The molecule has 0 aliphatic carbocycles. The van der Waals surface area contributed by atoms with Crippen LogP contribution in [0.2, 0.25) is 0 Å². The lowest BCUT2D eigenvalue weighted by atomic mass is 10.2. The first-order valence-electron chi connectivity index (χ1n) is 10.5. The zero-order valence-corrected chi connectivity index (χ0v) is 20.0. The summed E-state index contributed by atoms with van der Waals surface area (Å²) in [6.45, 7) is 3.72. The Bertz CT molecular complexity index is 1390. The van der Waals surface area contributed by atoms with Crippen molar-refractivity contribution in [3.8, 4) is 22.9 Å². The molecule has 2 N–H and O–H groups in total. The quantitative estimate of drug-likeness (QED) is 0.271. The van der Waals surface area contributed by atoms with E-state index in [1.165, 1.54) is 18.9 Å². The van der Waals surface area contributed by atoms with Gasteiger partial charge in [-0.25, -0.2) is 4.98 Å². The normalized spacial score (nSPS) is 11.1. The van der Waals surface area contributed by atoms with Gasteiger partial charge in [-0.05, 0) is 31.5 Å². The number of rotatable bonds is 9. The van der Waals surface area contributed by atoms with Crippen molar-refractivity contribution < 1.29 is 18.8 Å². The van der Waals surface area contributed by atoms with Crippen LogP contribution in [0.3, 0.4) is 0 Å². The number of nitrogens with zero attached hydrogens (tertiary/aromatic N) is 4. The number of carbonyl (C=O) groups is 1. The number of amides is 1. The van der Waals surface area contributed by atoms with Crippen LogP contribution < -0.4 is 20.5 Å². The van der Waals surface area contributed by atoms with E-state index in [1.807, 2.05) is 13.8 Å². The van der Waals surface area contributed by atoms with Crippen LogP contribution in [0.25, 0.3) is 22.4 Å². The van der Waals surface area contributed by atoms with Gasteiger partial charge in [-0.2, -0.15) is 9.66 Å². The van der Waals surface area contributed by atoms with E-state index in [0.29, 0.717) is 51.4 Å². The van der Waals surface area contributed by atoms with Gasteiger partial charge in [0.15, 0.2) is 16.7 Å². The minimum Gasteiger partial charge on any atom is -0.493 e. The van der Waals surface area contributed by atoms with Gasteiger partial charge in [-0.1, -0.05) is 29.9 Å². The molecule has 3 aromatic heterocycles. The lowest BCUT2D eigenvalue weighted by Crippen LogP contribution is -2.35. The third kappa shape index (κ3) is 4.62.